The maximum absolute atomic E-state index is 9.11. The second-order valence-corrected chi connectivity index (χ2v) is 3.76. The monoisotopic (exact) mass is 193 g/mol. The quantitative estimate of drug-likeness (QED) is 0.743. The van der Waals surface area contributed by atoms with Crippen molar-refractivity contribution in [3.8, 4) is 5.75 Å². The Kier molecular flexibility index (Phi) is 2.70. The number of benzene rings is 1. The van der Waals surface area contributed by atoms with Crippen molar-refractivity contribution in [3.63, 3.8) is 0 Å². The van der Waals surface area contributed by atoms with E-state index in [9.17, 15) is 0 Å². The highest BCUT2D eigenvalue weighted by molar-refractivity contribution is 5.26. The van der Waals surface area contributed by atoms with Crippen molar-refractivity contribution in [3.05, 3.63) is 29.8 Å². The minimum atomic E-state index is 0.120. The standard InChI is InChI=1S/C11H15NO2/c1-8-7-14-11(12-8)6-9-2-4-10(13)5-3-9/h2-5,8,11-13H,6-7H2,1H3. The van der Waals surface area contributed by atoms with E-state index in [1.165, 1.54) is 5.56 Å². The highest BCUT2D eigenvalue weighted by atomic mass is 16.5. The van der Waals surface area contributed by atoms with Crippen LogP contribution in [0.2, 0.25) is 0 Å². The number of nitrogens with one attached hydrogen (secondary N) is 1. The van der Waals surface area contributed by atoms with Crippen LogP contribution in [0.4, 0.5) is 0 Å². The van der Waals surface area contributed by atoms with Crippen LogP contribution in [-0.2, 0) is 11.2 Å². The molecular weight excluding hydrogens is 178 g/mol. The molecule has 76 valence electrons. The molecule has 14 heavy (non-hydrogen) atoms. The zero-order valence-corrected chi connectivity index (χ0v) is 8.23. The first-order chi connectivity index (χ1) is 6.74. The maximum Gasteiger partial charge on any atom is 0.115 e. The molecule has 1 saturated heterocycles. The number of ether oxygens (including phenoxy) is 1. The molecule has 1 fully saturated rings. The molecule has 0 radical (unpaired) electrons. The number of hydrogen-bond acceptors (Lipinski definition) is 3. The third-order valence-electron chi connectivity index (χ3n) is 2.38. The average molecular weight is 193 g/mol. The van der Waals surface area contributed by atoms with Crippen molar-refractivity contribution in [1.29, 1.82) is 0 Å². The summed E-state index contributed by atoms with van der Waals surface area (Å²) in [6.07, 6.45) is 0.972. The lowest BCUT2D eigenvalue weighted by molar-refractivity contribution is 0.101. The summed E-state index contributed by atoms with van der Waals surface area (Å²) in [4.78, 5) is 0. The summed E-state index contributed by atoms with van der Waals surface area (Å²) >= 11 is 0. The molecule has 1 heterocycles. The van der Waals surface area contributed by atoms with Gasteiger partial charge in [0.25, 0.3) is 0 Å². The van der Waals surface area contributed by atoms with E-state index in [1.54, 1.807) is 12.1 Å². The van der Waals surface area contributed by atoms with Crippen molar-refractivity contribution >= 4 is 0 Å². The highest BCUT2D eigenvalue weighted by Crippen LogP contribution is 2.13. The molecule has 0 bridgehead atoms. The number of aromatic hydroxyl groups is 1. The minimum absolute atomic E-state index is 0.120. The number of hydrogen-bond donors (Lipinski definition) is 2. The molecule has 3 nitrogen and oxygen atoms in total. The van der Waals surface area contributed by atoms with Gasteiger partial charge in [0.05, 0.1) is 6.61 Å². The van der Waals surface area contributed by atoms with Crippen LogP contribution in [0.15, 0.2) is 24.3 Å². The Labute approximate surface area is 83.7 Å². The summed E-state index contributed by atoms with van der Waals surface area (Å²) in [5.41, 5.74) is 1.18. The molecule has 2 rings (SSSR count). The van der Waals surface area contributed by atoms with Crippen LogP contribution in [-0.4, -0.2) is 24.0 Å². The zero-order valence-electron chi connectivity index (χ0n) is 8.23. The van der Waals surface area contributed by atoms with Gasteiger partial charge in [-0.1, -0.05) is 12.1 Å². The molecule has 0 saturated carbocycles. The fourth-order valence-electron chi connectivity index (χ4n) is 1.64. The highest BCUT2D eigenvalue weighted by Gasteiger charge is 2.20. The second-order valence-electron chi connectivity index (χ2n) is 3.76. The van der Waals surface area contributed by atoms with Crippen molar-refractivity contribution in [2.75, 3.05) is 6.61 Å². The number of rotatable bonds is 2. The van der Waals surface area contributed by atoms with Crippen LogP contribution in [0.3, 0.4) is 0 Å². The Balaban J connectivity index is 1.94. The first-order valence-corrected chi connectivity index (χ1v) is 4.89. The van der Waals surface area contributed by atoms with Crippen LogP contribution < -0.4 is 5.32 Å². The van der Waals surface area contributed by atoms with Crippen LogP contribution in [0.1, 0.15) is 12.5 Å². The molecule has 2 N–H and O–H groups in total. The normalized spacial score (nSPS) is 26.6. The molecular formula is C11H15NO2. The lowest BCUT2D eigenvalue weighted by Gasteiger charge is -2.10. The van der Waals surface area contributed by atoms with Gasteiger partial charge in [-0.3, -0.25) is 5.32 Å². The summed E-state index contributed by atoms with van der Waals surface area (Å²) in [5.74, 6) is 0.308. The van der Waals surface area contributed by atoms with E-state index >= 15 is 0 Å². The van der Waals surface area contributed by atoms with Gasteiger partial charge in [0, 0.05) is 12.5 Å². The van der Waals surface area contributed by atoms with Crippen molar-refractivity contribution < 1.29 is 9.84 Å². The predicted molar refractivity (Wildman–Crippen MR) is 54.1 cm³/mol. The van der Waals surface area contributed by atoms with E-state index in [1.807, 2.05) is 12.1 Å². The Morgan fingerprint density at radius 1 is 1.43 bits per heavy atom. The zero-order chi connectivity index (χ0) is 9.97. The first-order valence-electron chi connectivity index (χ1n) is 4.89. The van der Waals surface area contributed by atoms with Gasteiger partial charge >= 0.3 is 0 Å². The summed E-state index contributed by atoms with van der Waals surface area (Å²) in [7, 11) is 0. The molecule has 1 aliphatic heterocycles. The van der Waals surface area contributed by atoms with Gasteiger partial charge < -0.3 is 9.84 Å². The maximum atomic E-state index is 9.11. The lowest BCUT2D eigenvalue weighted by atomic mass is 10.1. The predicted octanol–water partition coefficient (Wildman–Crippen LogP) is 1.27. The average Bonchev–Trinajstić information content (AvgIpc) is 2.56. The first kappa shape index (κ1) is 9.49. The molecule has 2 atom stereocenters. The van der Waals surface area contributed by atoms with Crippen LogP contribution in [0.25, 0.3) is 0 Å². The smallest absolute Gasteiger partial charge is 0.115 e. The van der Waals surface area contributed by atoms with E-state index in [2.05, 4.69) is 12.2 Å². The van der Waals surface area contributed by atoms with Crippen LogP contribution in [0, 0.1) is 0 Å². The molecule has 0 spiro atoms. The van der Waals surface area contributed by atoms with Gasteiger partial charge in [-0.2, -0.15) is 0 Å². The Morgan fingerprint density at radius 3 is 2.71 bits per heavy atom. The summed E-state index contributed by atoms with van der Waals surface area (Å²) < 4.78 is 5.53. The molecule has 1 aromatic carbocycles. The van der Waals surface area contributed by atoms with Gasteiger partial charge in [0.15, 0.2) is 0 Å². The third kappa shape index (κ3) is 2.25. The molecule has 0 aromatic heterocycles. The number of phenolic OH excluding ortho intramolecular Hbond substituents is 1. The van der Waals surface area contributed by atoms with Gasteiger partial charge in [-0.15, -0.1) is 0 Å². The SMILES string of the molecule is CC1COC(Cc2ccc(O)cc2)N1. The van der Waals surface area contributed by atoms with Gasteiger partial charge in [-0.25, -0.2) is 0 Å². The Hall–Kier alpha value is -1.06. The Bertz CT molecular complexity index is 297. The largest absolute Gasteiger partial charge is 0.508 e. The van der Waals surface area contributed by atoms with Crippen molar-refractivity contribution in [2.45, 2.75) is 25.6 Å². The van der Waals surface area contributed by atoms with Gasteiger partial charge in [-0.05, 0) is 24.6 Å². The van der Waals surface area contributed by atoms with E-state index in [0.717, 1.165) is 13.0 Å². The van der Waals surface area contributed by atoms with E-state index in [4.69, 9.17) is 9.84 Å². The molecule has 2 unspecified atom stereocenters. The summed E-state index contributed by atoms with van der Waals surface area (Å²) in [6, 6.07) is 7.69. The molecule has 0 aliphatic carbocycles. The minimum Gasteiger partial charge on any atom is -0.508 e. The molecule has 0 amide bonds. The fourth-order valence-corrected chi connectivity index (χ4v) is 1.64. The Morgan fingerprint density at radius 2 is 2.14 bits per heavy atom. The second kappa shape index (κ2) is 3.98. The van der Waals surface area contributed by atoms with E-state index < -0.39 is 0 Å². The lowest BCUT2D eigenvalue weighted by Crippen LogP contribution is -2.29. The van der Waals surface area contributed by atoms with E-state index in [0.29, 0.717) is 11.8 Å². The van der Waals surface area contributed by atoms with Crippen molar-refractivity contribution in [1.82, 2.24) is 5.32 Å². The molecule has 1 aromatic rings. The van der Waals surface area contributed by atoms with Crippen LogP contribution >= 0.6 is 0 Å². The van der Waals surface area contributed by atoms with Gasteiger partial charge in [0.1, 0.15) is 12.0 Å². The van der Waals surface area contributed by atoms with Crippen LogP contribution in [0.5, 0.6) is 5.75 Å². The molecule has 1 aliphatic rings. The van der Waals surface area contributed by atoms with E-state index in [-0.39, 0.29) is 6.23 Å². The molecule has 3 heteroatoms. The third-order valence-corrected chi connectivity index (χ3v) is 2.38. The van der Waals surface area contributed by atoms with Crippen molar-refractivity contribution in [2.24, 2.45) is 0 Å². The number of phenols is 1. The topological polar surface area (TPSA) is 41.5 Å². The summed E-state index contributed by atoms with van der Waals surface area (Å²) in [5, 5.41) is 12.4. The summed E-state index contributed by atoms with van der Waals surface area (Å²) in [6.45, 7) is 2.89. The van der Waals surface area contributed by atoms with Gasteiger partial charge in [0.2, 0.25) is 0 Å². The fraction of sp³-hybridized carbons (Fsp3) is 0.455.